The minimum Gasteiger partial charge on any atom is -0.375 e. The molecule has 2 aliphatic carbocycles. The standard InChI is InChI=1S/C14H24N2O/c1-11-4-3-5-13(8-11)17-10-14(9-15,16-2)12-6-7-12/h11-13,16H,3-8,10H2,1-2H3. The predicted molar refractivity (Wildman–Crippen MR) is 67.5 cm³/mol. The van der Waals surface area contributed by atoms with Crippen molar-refractivity contribution in [1.82, 2.24) is 5.32 Å². The van der Waals surface area contributed by atoms with Gasteiger partial charge >= 0.3 is 0 Å². The van der Waals surface area contributed by atoms with Crippen molar-refractivity contribution < 1.29 is 4.74 Å². The Labute approximate surface area is 105 Å². The SMILES string of the molecule is CNC(C#N)(COC1CCCC(C)C1)C1CC1. The topological polar surface area (TPSA) is 45.0 Å². The fourth-order valence-electron chi connectivity index (χ4n) is 2.93. The number of nitrogens with one attached hydrogen (secondary N) is 1. The Morgan fingerprint density at radius 2 is 2.12 bits per heavy atom. The van der Waals surface area contributed by atoms with Crippen LogP contribution in [0.2, 0.25) is 0 Å². The Bertz CT molecular complexity index is 295. The summed E-state index contributed by atoms with van der Waals surface area (Å²) in [5.74, 6) is 1.28. The highest BCUT2D eigenvalue weighted by atomic mass is 16.5. The Morgan fingerprint density at radius 1 is 1.35 bits per heavy atom. The molecule has 3 unspecified atom stereocenters. The number of ether oxygens (including phenoxy) is 1. The number of rotatable bonds is 5. The number of likely N-dealkylation sites (N-methyl/N-ethyl adjacent to an activating group) is 1. The Morgan fingerprint density at radius 3 is 2.65 bits per heavy atom. The lowest BCUT2D eigenvalue weighted by Crippen LogP contribution is -2.49. The normalized spacial score (nSPS) is 32.8. The summed E-state index contributed by atoms with van der Waals surface area (Å²) in [5.41, 5.74) is -0.430. The molecule has 2 fully saturated rings. The maximum Gasteiger partial charge on any atom is 0.132 e. The fraction of sp³-hybridized carbons (Fsp3) is 0.929. The lowest BCUT2D eigenvalue weighted by atomic mass is 9.88. The Hall–Kier alpha value is -0.590. The summed E-state index contributed by atoms with van der Waals surface area (Å²) in [5, 5.41) is 12.6. The van der Waals surface area contributed by atoms with Crippen molar-refractivity contribution in [3.05, 3.63) is 0 Å². The van der Waals surface area contributed by atoms with Gasteiger partial charge in [0.2, 0.25) is 0 Å². The summed E-state index contributed by atoms with van der Waals surface area (Å²) in [6.45, 7) is 2.86. The first-order valence-electron chi connectivity index (χ1n) is 6.92. The molecule has 0 radical (unpaired) electrons. The summed E-state index contributed by atoms with van der Waals surface area (Å²) in [4.78, 5) is 0. The Balaban J connectivity index is 1.85. The van der Waals surface area contributed by atoms with Crippen molar-refractivity contribution in [3.63, 3.8) is 0 Å². The van der Waals surface area contributed by atoms with E-state index in [-0.39, 0.29) is 0 Å². The molecule has 0 aromatic heterocycles. The Kier molecular flexibility index (Phi) is 4.06. The third-order valence-corrected chi connectivity index (χ3v) is 4.35. The van der Waals surface area contributed by atoms with Crippen molar-refractivity contribution in [3.8, 4) is 6.07 Å². The van der Waals surface area contributed by atoms with E-state index in [1.807, 2.05) is 7.05 Å². The summed E-state index contributed by atoms with van der Waals surface area (Å²) >= 11 is 0. The highest BCUT2D eigenvalue weighted by Gasteiger charge is 2.45. The molecular formula is C14H24N2O. The van der Waals surface area contributed by atoms with Gasteiger partial charge in [-0.3, -0.25) is 0 Å². The van der Waals surface area contributed by atoms with Gasteiger partial charge in [0.25, 0.3) is 0 Å². The molecule has 0 aliphatic heterocycles. The van der Waals surface area contributed by atoms with Crippen LogP contribution in [0.15, 0.2) is 0 Å². The molecular weight excluding hydrogens is 212 g/mol. The maximum absolute atomic E-state index is 9.38. The van der Waals surface area contributed by atoms with E-state index in [0.717, 1.165) is 12.3 Å². The first-order chi connectivity index (χ1) is 8.20. The molecule has 2 rings (SSSR count). The molecule has 17 heavy (non-hydrogen) atoms. The van der Waals surface area contributed by atoms with E-state index in [4.69, 9.17) is 4.74 Å². The van der Waals surface area contributed by atoms with Gasteiger partial charge in [0.05, 0.1) is 18.8 Å². The van der Waals surface area contributed by atoms with E-state index >= 15 is 0 Å². The average molecular weight is 236 g/mol. The van der Waals surface area contributed by atoms with Crippen LogP contribution in [-0.2, 0) is 4.74 Å². The lowest BCUT2D eigenvalue weighted by Gasteiger charge is -2.31. The number of hydrogen-bond donors (Lipinski definition) is 1. The summed E-state index contributed by atoms with van der Waals surface area (Å²) in [6, 6.07) is 2.44. The van der Waals surface area contributed by atoms with Crippen LogP contribution in [-0.4, -0.2) is 25.3 Å². The molecule has 0 heterocycles. The van der Waals surface area contributed by atoms with Crippen LogP contribution < -0.4 is 5.32 Å². The van der Waals surface area contributed by atoms with Gasteiger partial charge in [0.15, 0.2) is 0 Å². The van der Waals surface area contributed by atoms with Gasteiger partial charge in [0, 0.05) is 0 Å². The molecule has 0 spiro atoms. The first kappa shape index (κ1) is 12.9. The lowest BCUT2D eigenvalue weighted by molar-refractivity contribution is -0.0100. The molecule has 0 aromatic rings. The van der Waals surface area contributed by atoms with Crippen molar-refractivity contribution in [2.24, 2.45) is 11.8 Å². The molecule has 0 amide bonds. The molecule has 0 saturated heterocycles. The molecule has 2 saturated carbocycles. The van der Waals surface area contributed by atoms with Crippen LogP contribution in [0.3, 0.4) is 0 Å². The minimum atomic E-state index is -0.430. The smallest absolute Gasteiger partial charge is 0.132 e. The average Bonchev–Trinajstić information content (AvgIpc) is 3.16. The molecule has 2 aliphatic rings. The van der Waals surface area contributed by atoms with Crippen molar-refractivity contribution in [1.29, 1.82) is 5.26 Å². The quantitative estimate of drug-likeness (QED) is 0.797. The minimum absolute atomic E-state index is 0.374. The number of hydrogen-bond acceptors (Lipinski definition) is 3. The van der Waals surface area contributed by atoms with Crippen LogP contribution in [0.1, 0.15) is 45.4 Å². The van der Waals surface area contributed by atoms with Gasteiger partial charge in [-0.1, -0.05) is 19.8 Å². The van der Waals surface area contributed by atoms with Gasteiger partial charge in [0.1, 0.15) is 5.54 Å². The van der Waals surface area contributed by atoms with E-state index in [2.05, 4.69) is 18.3 Å². The molecule has 3 nitrogen and oxygen atoms in total. The fourth-order valence-corrected chi connectivity index (χ4v) is 2.93. The maximum atomic E-state index is 9.38. The molecule has 0 aromatic carbocycles. The van der Waals surface area contributed by atoms with Crippen molar-refractivity contribution >= 4 is 0 Å². The number of nitrogens with zero attached hydrogens (tertiary/aromatic N) is 1. The first-order valence-corrected chi connectivity index (χ1v) is 6.92. The molecule has 0 bridgehead atoms. The molecule has 96 valence electrons. The van der Waals surface area contributed by atoms with E-state index in [1.165, 1.54) is 32.1 Å². The van der Waals surface area contributed by atoms with Gasteiger partial charge in [-0.25, -0.2) is 0 Å². The zero-order chi connectivity index (χ0) is 12.3. The third kappa shape index (κ3) is 3.00. The largest absolute Gasteiger partial charge is 0.375 e. The van der Waals surface area contributed by atoms with Crippen LogP contribution in [0.5, 0.6) is 0 Å². The van der Waals surface area contributed by atoms with E-state index in [0.29, 0.717) is 18.6 Å². The van der Waals surface area contributed by atoms with E-state index < -0.39 is 5.54 Å². The predicted octanol–water partition coefficient (Wildman–Crippen LogP) is 2.47. The van der Waals surface area contributed by atoms with E-state index in [1.54, 1.807) is 0 Å². The molecule has 1 N–H and O–H groups in total. The zero-order valence-corrected chi connectivity index (χ0v) is 11.0. The number of nitriles is 1. The summed E-state index contributed by atoms with van der Waals surface area (Å²) in [7, 11) is 1.88. The van der Waals surface area contributed by atoms with Crippen LogP contribution in [0, 0.1) is 23.2 Å². The van der Waals surface area contributed by atoms with Crippen molar-refractivity contribution in [2.45, 2.75) is 57.1 Å². The highest BCUT2D eigenvalue weighted by Crippen LogP contribution is 2.40. The van der Waals surface area contributed by atoms with E-state index in [9.17, 15) is 5.26 Å². The van der Waals surface area contributed by atoms with Gasteiger partial charge in [-0.15, -0.1) is 0 Å². The van der Waals surface area contributed by atoms with Gasteiger partial charge in [-0.2, -0.15) is 5.26 Å². The third-order valence-electron chi connectivity index (χ3n) is 4.35. The molecule has 3 heteroatoms. The summed E-state index contributed by atoms with van der Waals surface area (Å²) < 4.78 is 6.02. The molecule has 3 atom stereocenters. The van der Waals surface area contributed by atoms with Gasteiger partial charge < -0.3 is 10.1 Å². The van der Waals surface area contributed by atoms with Gasteiger partial charge in [-0.05, 0) is 44.6 Å². The monoisotopic (exact) mass is 236 g/mol. The second kappa shape index (κ2) is 5.37. The van der Waals surface area contributed by atoms with Crippen LogP contribution in [0.4, 0.5) is 0 Å². The van der Waals surface area contributed by atoms with Crippen LogP contribution in [0.25, 0.3) is 0 Å². The summed E-state index contributed by atoms with van der Waals surface area (Å²) in [6.07, 6.45) is 7.64. The zero-order valence-electron chi connectivity index (χ0n) is 11.0. The second-order valence-electron chi connectivity index (χ2n) is 5.81. The highest BCUT2D eigenvalue weighted by molar-refractivity contribution is 5.15. The van der Waals surface area contributed by atoms with Crippen LogP contribution >= 0.6 is 0 Å². The second-order valence-corrected chi connectivity index (χ2v) is 5.81. The van der Waals surface area contributed by atoms with Crippen molar-refractivity contribution in [2.75, 3.05) is 13.7 Å².